The number of thioether (sulfide) groups is 1. The van der Waals surface area contributed by atoms with Gasteiger partial charge in [0.2, 0.25) is 0 Å². The van der Waals surface area contributed by atoms with Crippen molar-refractivity contribution in [2.45, 2.75) is 23.5 Å². The third-order valence-corrected chi connectivity index (χ3v) is 4.97. The molecule has 0 spiro atoms. The Balaban J connectivity index is 1.76. The second-order valence-electron chi connectivity index (χ2n) is 5.81. The minimum absolute atomic E-state index is 0.197. The van der Waals surface area contributed by atoms with Gasteiger partial charge < -0.3 is 10.4 Å². The predicted octanol–water partition coefficient (Wildman–Crippen LogP) is 2.83. The molecule has 1 aromatic carbocycles. The van der Waals surface area contributed by atoms with Gasteiger partial charge in [0, 0.05) is 6.20 Å². The van der Waals surface area contributed by atoms with E-state index in [-0.39, 0.29) is 18.4 Å². The lowest BCUT2D eigenvalue weighted by Gasteiger charge is -2.29. The van der Waals surface area contributed by atoms with Gasteiger partial charge in [-0.3, -0.25) is 4.79 Å². The summed E-state index contributed by atoms with van der Waals surface area (Å²) in [5, 5.41) is 14.7. The smallest absolute Gasteiger partial charge is 0.254 e. The lowest BCUT2D eigenvalue weighted by molar-refractivity contribution is 0.0134. The molecule has 0 bridgehead atoms. The van der Waals surface area contributed by atoms with E-state index >= 15 is 0 Å². The number of nitrogens with zero attached hydrogens (tertiary/aromatic N) is 1. The highest BCUT2D eigenvalue weighted by Gasteiger charge is 2.45. The zero-order valence-electron chi connectivity index (χ0n) is 13.0. The molecule has 1 fully saturated rings. The third-order valence-electron chi connectivity index (χ3n) is 4.25. The Bertz CT molecular complexity index is 688. The molecule has 1 heterocycles. The molecule has 120 valence electrons. The maximum atomic E-state index is 12.5. The lowest BCUT2D eigenvalue weighted by Crippen LogP contribution is -2.42. The van der Waals surface area contributed by atoms with Crippen molar-refractivity contribution in [3.05, 3.63) is 59.8 Å². The number of nitrogens with one attached hydrogen (secondary N) is 1. The first kappa shape index (κ1) is 16.0. The van der Waals surface area contributed by atoms with Crippen LogP contribution in [0.3, 0.4) is 0 Å². The molecule has 1 aliphatic rings. The van der Waals surface area contributed by atoms with Crippen LogP contribution in [-0.4, -0.2) is 28.8 Å². The van der Waals surface area contributed by atoms with Crippen molar-refractivity contribution in [1.82, 2.24) is 10.3 Å². The molecule has 0 saturated heterocycles. The second kappa shape index (κ2) is 6.72. The predicted molar refractivity (Wildman–Crippen MR) is 91.4 cm³/mol. The van der Waals surface area contributed by atoms with Crippen LogP contribution in [0.15, 0.2) is 53.7 Å². The van der Waals surface area contributed by atoms with E-state index in [0.717, 1.165) is 18.4 Å². The number of benzene rings is 1. The van der Waals surface area contributed by atoms with Crippen molar-refractivity contribution in [3.63, 3.8) is 0 Å². The molecule has 0 radical (unpaired) electrons. The second-order valence-corrected chi connectivity index (χ2v) is 6.60. The van der Waals surface area contributed by atoms with Crippen molar-refractivity contribution in [1.29, 1.82) is 0 Å². The average molecular weight is 328 g/mol. The van der Waals surface area contributed by atoms with Crippen molar-refractivity contribution >= 4 is 17.7 Å². The summed E-state index contributed by atoms with van der Waals surface area (Å²) in [4.78, 5) is 16.7. The fourth-order valence-corrected chi connectivity index (χ4v) is 3.35. The molecule has 1 saturated carbocycles. The van der Waals surface area contributed by atoms with E-state index in [1.54, 1.807) is 18.3 Å². The summed E-state index contributed by atoms with van der Waals surface area (Å²) >= 11 is 1.44. The molecule has 1 aromatic heterocycles. The Kier molecular flexibility index (Phi) is 4.68. The topological polar surface area (TPSA) is 62.2 Å². The Morgan fingerprint density at radius 3 is 2.70 bits per heavy atom. The van der Waals surface area contributed by atoms with Gasteiger partial charge in [-0.1, -0.05) is 30.3 Å². The third kappa shape index (κ3) is 3.41. The standard InChI is InChI=1S/C18H20N2O2S/c1-23-17-15(8-5-11-19-17)16(21)20-12-18(22,14-9-10-14)13-6-3-2-4-7-13/h2-8,11,14,22H,9-10,12H2,1H3,(H,20,21)/t18-/m0/s1. The highest BCUT2D eigenvalue weighted by molar-refractivity contribution is 7.98. The van der Waals surface area contributed by atoms with Crippen LogP contribution in [0.25, 0.3) is 0 Å². The molecule has 2 N–H and O–H groups in total. The highest BCUT2D eigenvalue weighted by atomic mass is 32.2. The highest BCUT2D eigenvalue weighted by Crippen LogP contribution is 2.45. The van der Waals surface area contributed by atoms with E-state index in [0.29, 0.717) is 10.6 Å². The molecular weight excluding hydrogens is 308 g/mol. The first-order valence-electron chi connectivity index (χ1n) is 7.70. The Labute approximate surface area is 140 Å². The van der Waals surface area contributed by atoms with Gasteiger partial charge in [-0.15, -0.1) is 11.8 Å². The minimum Gasteiger partial charge on any atom is -0.383 e. The van der Waals surface area contributed by atoms with E-state index in [9.17, 15) is 9.90 Å². The van der Waals surface area contributed by atoms with Crippen LogP contribution in [-0.2, 0) is 5.60 Å². The number of rotatable bonds is 6. The quantitative estimate of drug-likeness (QED) is 0.801. The summed E-state index contributed by atoms with van der Waals surface area (Å²) in [5.74, 6) is 0.0107. The Morgan fingerprint density at radius 1 is 1.30 bits per heavy atom. The SMILES string of the molecule is CSc1ncccc1C(=O)NC[C@](O)(c1ccccc1)C1CC1. The number of carbonyl (C=O) groups excluding carboxylic acids is 1. The van der Waals surface area contributed by atoms with Gasteiger partial charge in [0.1, 0.15) is 10.6 Å². The summed E-state index contributed by atoms with van der Waals surface area (Å²) in [7, 11) is 0. The molecule has 0 unspecified atom stereocenters. The van der Waals surface area contributed by atoms with Crippen LogP contribution >= 0.6 is 11.8 Å². The lowest BCUT2D eigenvalue weighted by atomic mass is 9.88. The summed E-state index contributed by atoms with van der Waals surface area (Å²) in [6, 6.07) is 13.1. The number of aromatic nitrogens is 1. The van der Waals surface area contributed by atoms with Gasteiger partial charge in [0.25, 0.3) is 5.91 Å². The molecule has 1 aliphatic carbocycles. The fourth-order valence-electron chi connectivity index (χ4n) is 2.81. The van der Waals surface area contributed by atoms with Gasteiger partial charge in [-0.25, -0.2) is 4.98 Å². The van der Waals surface area contributed by atoms with Crippen LogP contribution < -0.4 is 5.32 Å². The summed E-state index contributed by atoms with van der Waals surface area (Å²) in [6.45, 7) is 0.212. The summed E-state index contributed by atoms with van der Waals surface area (Å²) in [5.41, 5.74) is 0.406. The molecule has 1 amide bonds. The van der Waals surface area contributed by atoms with Crippen molar-refractivity contribution in [2.75, 3.05) is 12.8 Å². The fraction of sp³-hybridized carbons (Fsp3) is 0.333. The van der Waals surface area contributed by atoms with E-state index < -0.39 is 5.60 Å². The summed E-state index contributed by atoms with van der Waals surface area (Å²) < 4.78 is 0. The van der Waals surface area contributed by atoms with E-state index in [1.807, 2.05) is 36.6 Å². The Morgan fingerprint density at radius 2 is 2.04 bits per heavy atom. The first-order valence-corrected chi connectivity index (χ1v) is 8.92. The molecule has 1 atom stereocenters. The van der Waals surface area contributed by atoms with Crippen LogP contribution in [0.1, 0.15) is 28.8 Å². The molecule has 2 aromatic rings. The molecule has 4 nitrogen and oxygen atoms in total. The zero-order valence-corrected chi connectivity index (χ0v) is 13.8. The number of hydrogen-bond acceptors (Lipinski definition) is 4. The van der Waals surface area contributed by atoms with Crippen LogP contribution in [0.5, 0.6) is 0 Å². The number of hydrogen-bond donors (Lipinski definition) is 2. The van der Waals surface area contributed by atoms with E-state index in [1.165, 1.54) is 11.8 Å². The Hall–Kier alpha value is -1.85. The van der Waals surface area contributed by atoms with Gasteiger partial charge in [0.15, 0.2) is 0 Å². The van der Waals surface area contributed by atoms with Crippen LogP contribution in [0, 0.1) is 5.92 Å². The van der Waals surface area contributed by atoms with Crippen LogP contribution in [0.4, 0.5) is 0 Å². The van der Waals surface area contributed by atoms with Crippen molar-refractivity contribution in [2.24, 2.45) is 5.92 Å². The van der Waals surface area contributed by atoms with Gasteiger partial charge in [-0.05, 0) is 42.7 Å². The molecule has 5 heteroatoms. The minimum atomic E-state index is -1.00. The monoisotopic (exact) mass is 328 g/mol. The average Bonchev–Trinajstić information content (AvgIpc) is 3.45. The largest absolute Gasteiger partial charge is 0.383 e. The summed E-state index contributed by atoms with van der Waals surface area (Å²) in [6.07, 6.45) is 5.55. The first-order chi connectivity index (χ1) is 11.1. The maximum absolute atomic E-state index is 12.5. The number of amides is 1. The number of pyridine rings is 1. The van der Waals surface area contributed by atoms with Gasteiger partial charge >= 0.3 is 0 Å². The molecule has 3 rings (SSSR count). The van der Waals surface area contributed by atoms with Gasteiger partial charge in [0.05, 0.1) is 12.1 Å². The van der Waals surface area contributed by atoms with Crippen molar-refractivity contribution < 1.29 is 9.90 Å². The number of aliphatic hydroxyl groups is 1. The van der Waals surface area contributed by atoms with E-state index in [2.05, 4.69) is 10.3 Å². The van der Waals surface area contributed by atoms with Gasteiger partial charge in [-0.2, -0.15) is 0 Å². The molecule has 23 heavy (non-hydrogen) atoms. The normalized spacial score (nSPS) is 16.6. The molecular formula is C18H20N2O2S. The van der Waals surface area contributed by atoms with Crippen molar-refractivity contribution in [3.8, 4) is 0 Å². The number of carbonyl (C=O) groups is 1. The maximum Gasteiger partial charge on any atom is 0.254 e. The molecule has 0 aliphatic heterocycles. The van der Waals surface area contributed by atoms with Crippen LogP contribution in [0.2, 0.25) is 0 Å². The van der Waals surface area contributed by atoms with E-state index in [4.69, 9.17) is 0 Å². The zero-order chi connectivity index (χ0) is 16.3.